The third-order valence-electron chi connectivity index (χ3n) is 5.16. The number of aryl methyl sites for hydroxylation is 1. The molecule has 3 aromatic rings. The van der Waals surface area contributed by atoms with Gasteiger partial charge in [0.15, 0.2) is 0 Å². The largest absolute Gasteiger partial charge is 0.497 e. The summed E-state index contributed by atoms with van der Waals surface area (Å²) in [6.07, 6.45) is 4.82. The number of aromatic nitrogens is 2. The van der Waals surface area contributed by atoms with Gasteiger partial charge in [0, 0.05) is 30.4 Å². The SMILES string of the molecule is CCn1cc(-c2cccc(C(=O)N3CCC3c3cccc(OC)c3)c2)cn1. The lowest BCUT2D eigenvalue weighted by Gasteiger charge is -2.41. The Labute approximate surface area is 159 Å². The average molecular weight is 361 g/mol. The zero-order chi connectivity index (χ0) is 18.8. The van der Waals surface area contributed by atoms with E-state index in [1.807, 2.05) is 64.4 Å². The molecule has 0 bridgehead atoms. The molecular formula is C22H23N3O2. The van der Waals surface area contributed by atoms with Crippen molar-refractivity contribution in [2.45, 2.75) is 25.9 Å². The van der Waals surface area contributed by atoms with Crippen LogP contribution in [-0.4, -0.2) is 34.2 Å². The first-order valence-corrected chi connectivity index (χ1v) is 9.27. The van der Waals surface area contributed by atoms with Crippen LogP contribution in [0.3, 0.4) is 0 Å². The van der Waals surface area contributed by atoms with Crippen molar-refractivity contribution < 1.29 is 9.53 Å². The van der Waals surface area contributed by atoms with Crippen LogP contribution in [0.25, 0.3) is 11.1 Å². The zero-order valence-electron chi connectivity index (χ0n) is 15.6. The fourth-order valence-corrected chi connectivity index (χ4v) is 3.51. The third-order valence-corrected chi connectivity index (χ3v) is 5.16. The molecule has 1 aliphatic rings. The summed E-state index contributed by atoms with van der Waals surface area (Å²) in [4.78, 5) is 15.0. The molecule has 1 fully saturated rings. The number of hydrogen-bond acceptors (Lipinski definition) is 3. The van der Waals surface area contributed by atoms with Gasteiger partial charge in [0.2, 0.25) is 0 Å². The molecule has 0 aliphatic carbocycles. The van der Waals surface area contributed by atoms with Gasteiger partial charge < -0.3 is 9.64 Å². The molecule has 0 N–H and O–H groups in total. The minimum atomic E-state index is 0.0683. The third kappa shape index (κ3) is 3.33. The molecule has 0 spiro atoms. The van der Waals surface area contributed by atoms with E-state index in [9.17, 15) is 4.79 Å². The minimum absolute atomic E-state index is 0.0683. The summed E-state index contributed by atoms with van der Waals surface area (Å²) in [6, 6.07) is 15.9. The Balaban J connectivity index is 1.56. The van der Waals surface area contributed by atoms with E-state index in [-0.39, 0.29) is 11.9 Å². The molecule has 5 heteroatoms. The van der Waals surface area contributed by atoms with Gasteiger partial charge in [-0.3, -0.25) is 9.48 Å². The van der Waals surface area contributed by atoms with Crippen molar-refractivity contribution in [3.05, 3.63) is 72.1 Å². The highest BCUT2D eigenvalue weighted by atomic mass is 16.5. The van der Waals surface area contributed by atoms with E-state index in [0.29, 0.717) is 5.56 Å². The Morgan fingerprint density at radius 3 is 2.74 bits per heavy atom. The summed E-state index contributed by atoms with van der Waals surface area (Å²) >= 11 is 0. The topological polar surface area (TPSA) is 47.4 Å². The van der Waals surface area contributed by atoms with Crippen LogP contribution in [0.2, 0.25) is 0 Å². The molecule has 27 heavy (non-hydrogen) atoms. The molecule has 4 rings (SSSR count). The molecule has 1 saturated heterocycles. The zero-order valence-corrected chi connectivity index (χ0v) is 15.6. The number of amides is 1. The average Bonchev–Trinajstić information content (AvgIpc) is 3.17. The van der Waals surface area contributed by atoms with E-state index in [2.05, 4.69) is 18.1 Å². The van der Waals surface area contributed by atoms with Crippen LogP contribution >= 0.6 is 0 Å². The predicted octanol–water partition coefficient (Wildman–Crippen LogP) is 4.17. The van der Waals surface area contributed by atoms with Gasteiger partial charge >= 0.3 is 0 Å². The number of nitrogens with zero attached hydrogens (tertiary/aromatic N) is 3. The molecule has 2 heterocycles. The van der Waals surface area contributed by atoms with Crippen molar-refractivity contribution in [2.24, 2.45) is 0 Å². The number of ether oxygens (including phenoxy) is 1. The lowest BCUT2D eigenvalue weighted by atomic mass is 9.93. The Kier molecular flexibility index (Phi) is 4.67. The standard InChI is InChI=1S/C22H23N3O2/c1-3-24-15-19(14-23-24)16-6-4-8-18(12-16)22(26)25-11-10-21(25)17-7-5-9-20(13-17)27-2/h4-9,12-15,21H,3,10-11H2,1-2H3. The Hall–Kier alpha value is -3.08. The van der Waals surface area contributed by atoms with Crippen molar-refractivity contribution in [1.82, 2.24) is 14.7 Å². The molecule has 138 valence electrons. The van der Waals surface area contributed by atoms with E-state index in [1.54, 1.807) is 7.11 Å². The molecule has 5 nitrogen and oxygen atoms in total. The molecule has 1 unspecified atom stereocenters. The van der Waals surface area contributed by atoms with Crippen molar-refractivity contribution in [1.29, 1.82) is 0 Å². The fourth-order valence-electron chi connectivity index (χ4n) is 3.51. The minimum Gasteiger partial charge on any atom is -0.497 e. The van der Waals surface area contributed by atoms with Crippen molar-refractivity contribution in [2.75, 3.05) is 13.7 Å². The van der Waals surface area contributed by atoms with E-state index in [0.717, 1.165) is 42.0 Å². The Morgan fingerprint density at radius 1 is 1.19 bits per heavy atom. The van der Waals surface area contributed by atoms with Gasteiger partial charge in [0.05, 0.1) is 19.3 Å². The van der Waals surface area contributed by atoms with Gasteiger partial charge in [0.25, 0.3) is 5.91 Å². The maximum Gasteiger partial charge on any atom is 0.254 e. The summed E-state index contributed by atoms with van der Waals surface area (Å²) in [5.41, 5.74) is 3.87. The number of carbonyl (C=O) groups excluding carboxylic acids is 1. The van der Waals surface area contributed by atoms with E-state index in [1.165, 1.54) is 0 Å². The number of carbonyl (C=O) groups is 1. The number of likely N-dealkylation sites (tertiary alicyclic amines) is 1. The molecule has 2 aromatic carbocycles. The first-order chi connectivity index (χ1) is 13.2. The number of benzene rings is 2. The normalized spacial score (nSPS) is 16.1. The van der Waals surface area contributed by atoms with Crippen molar-refractivity contribution in [3.8, 4) is 16.9 Å². The van der Waals surface area contributed by atoms with Gasteiger partial charge in [-0.25, -0.2) is 0 Å². The molecule has 1 aromatic heterocycles. The lowest BCUT2D eigenvalue weighted by molar-refractivity contribution is 0.0460. The summed E-state index contributed by atoms with van der Waals surface area (Å²) in [5, 5.41) is 4.33. The van der Waals surface area contributed by atoms with Crippen LogP contribution in [0.15, 0.2) is 60.9 Å². The van der Waals surface area contributed by atoms with E-state index < -0.39 is 0 Å². The first-order valence-electron chi connectivity index (χ1n) is 9.27. The maximum absolute atomic E-state index is 13.1. The van der Waals surface area contributed by atoms with Gasteiger partial charge in [-0.1, -0.05) is 24.3 Å². The van der Waals surface area contributed by atoms with Crippen LogP contribution in [0.5, 0.6) is 5.75 Å². The first kappa shape index (κ1) is 17.3. The highest BCUT2D eigenvalue weighted by Crippen LogP contribution is 2.36. The monoisotopic (exact) mass is 361 g/mol. The quantitative estimate of drug-likeness (QED) is 0.685. The lowest BCUT2D eigenvalue weighted by Crippen LogP contribution is -2.45. The second-order valence-electron chi connectivity index (χ2n) is 6.75. The summed E-state index contributed by atoms with van der Waals surface area (Å²) in [5.74, 6) is 0.889. The highest BCUT2D eigenvalue weighted by Gasteiger charge is 2.34. The summed E-state index contributed by atoms with van der Waals surface area (Å²) < 4.78 is 7.21. The number of methoxy groups -OCH3 is 1. The predicted molar refractivity (Wildman–Crippen MR) is 105 cm³/mol. The van der Waals surface area contributed by atoms with Crippen LogP contribution in [-0.2, 0) is 6.54 Å². The molecule has 0 radical (unpaired) electrons. The van der Waals surface area contributed by atoms with Crippen LogP contribution in [0.1, 0.15) is 35.3 Å². The molecule has 1 aliphatic heterocycles. The van der Waals surface area contributed by atoms with Gasteiger partial charge in [-0.2, -0.15) is 5.10 Å². The molecule has 0 saturated carbocycles. The molecule has 1 amide bonds. The van der Waals surface area contributed by atoms with Gasteiger partial charge in [0.1, 0.15) is 5.75 Å². The summed E-state index contributed by atoms with van der Waals surface area (Å²) in [7, 11) is 1.66. The summed E-state index contributed by atoms with van der Waals surface area (Å²) in [6.45, 7) is 3.66. The smallest absolute Gasteiger partial charge is 0.254 e. The highest BCUT2D eigenvalue weighted by molar-refractivity contribution is 5.96. The Bertz CT molecular complexity index is 963. The molecular weight excluding hydrogens is 338 g/mol. The second-order valence-corrected chi connectivity index (χ2v) is 6.75. The van der Waals surface area contributed by atoms with Gasteiger partial charge in [-0.15, -0.1) is 0 Å². The molecule has 1 atom stereocenters. The number of hydrogen-bond donors (Lipinski definition) is 0. The van der Waals surface area contributed by atoms with Crippen LogP contribution in [0, 0.1) is 0 Å². The van der Waals surface area contributed by atoms with Crippen molar-refractivity contribution in [3.63, 3.8) is 0 Å². The van der Waals surface area contributed by atoms with Crippen molar-refractivity contribution >= 4 is 5.91 Å². The second kappa shape index (κ2) is 7.27. The van der Waals surface area contributed by atoms with Gasteiger partial charge in [-0.05, 0) is 48.7 Å². The van der Waals surface area contributed by atoms with E-state index >= 15 is 0 Å². The Morgan fingerprint density at radius 2 is 2.04 bits per heavy atom. The van der Waals surface area contributed by atoms with Crippen LogP contribution < -0.4 is 4.74 Å². The number of rotatable bonds is 5. The van der Waals surface area contributed by atoms with E-state index in [4.69, 9.17) is 4.74 Å². The fraction of sp³-hybridized carbons (Fsp3) is 0.273. The maximum atomic E-state index is 13.1. The van der Waals surface area contributed by atoms with Crippen LogP contribution in [0.4, 0.5) is 0 Å².